The topological polar surface area (TPSA) is 55.2 Å². The second kappa shape index (κ2) is 5.50. The molecule has 0 radical (unpaired) electrons. The highest BCUT2D eigenvalue weighted by Crippen LogP contribution is 2.30. The van der Waals surface area contributed by atoms with E-state index in [1.165, 1.54) is 17.8 Å². The third kappa shape index (κ3) is 2.26. The Morgan fingerprint density at radius 1 is 1.32 bits per heavy atom. The van der Waals surface area contributed by atoms with Crippen molar-refractivity contribution in [3.63, 3.8) is 0 Å². The molecule has 0 saturated carbocycles. The van der Waals surface area contributed by atoms with Gasteiger partial charge in [0.15, 0.2) is 0 Å². The summed E-state index contributed by atoms with van der Waals surface area (Å²) in [6.45, 7) is 6.57. The van der Waals surface area contributed by atoms with Crippen LogP contribution in [-0.2, 0) is 7.05 Å². The minimum absolute atomic E-state index is 0.0485. The first-order valence-corrected chi connectivity index (χ1v) is 8.51. The Balaban J connectivity index is 2.12. The van der Waals surface area contributed by atoms with E-state index in [1.54, 1.807) is 11.6 Å². The minimum atomic E-state index is -0.0676. The molecule has 0 N–H and O–H groups in total. The summed E-state index contributed by atoms with van der Waals surface area (Å²) in [6.07, 6.45) is 3.28. The Bertz CT molecular complexity index is 806. The number of carbonyl (C=O) groups is 1. The third-order valence-electron chi connectivity index (χ3n) is 4.65. The van der Waals surface area contributed by atoms with E-state index in [0.29, 0.717) is 20.9 Å². The van der Waals surface area contributed by atoms with Crippen molar-refractivity contribution in [2.75, 3.05) is 6.54 Å². The van der Waals surface area contributed by atoms with Crippen molar-refractivity contribution in [3.8, 4) is 0 Å². The number of aryl methyl sites for hydroxylation is 2. The van der Waals surface area contributed by atoms with Crippen LogP contribution in [0.5, 0.6) is 0 Å². The molecule has 1 atom stereocenters. The van der Waals surface area contributed by atoms with Crippen LogP contribution in [0, 0.1) is 13.8 Å². The van der Waals surface area contributed by atoms with Gasteiger partial charge in [-0.1, -0.05) is 0 Å². The van der Waals surface area contributed by atoms with Gasteiger partial charge in [0.25, 0.3) is 11.5 Å². The van der Waals surface area contributed by atoms with E-state index in [9.17, 15) is 9.59 Å². The number of hydrogen-bond acceptors (Lipinski definition) is 4. The first-order valence-electron chi connectivity index (χ1n) is 7.69. The maximum atomic E-state index is 12.9. The molecule has 0 aliphatic carbocycles. The molecule has 118 valence electrons. The maximum absolute atomic E-state index is 12.9. The van der Waals surface area contributed by atoms with Gasteiger partial charge in [0, 0.05) is 19.6 Å². The standard InChI is InChI=1S/C16H21N3O2S/c1-9-7-5-6-8-19(9)16(21)13-10(2)12-14(22-13)17-11(3)18(4)15(12)20/h9H,5-8H2,1-4H3. The average molecular weight is 319 g/mol. The number of aromatic nitrogens is 2. The van der Waals surface area contributed by atoms with Gasteiger partial charge in [-0.15, -0.1) is 11.3 Å². The quantitative estimate of drug-likeness (QED) is 0.812. The number of piperidine rings is 1. The zero-order chi connectivity index (χ0) is 16.0. The van der Waals surface area contributed by atoms with Gasteiger partial charge in [0.2, 0.25) is 0 Å². The number of thiophene rings is 1. The van der Waals surface area contributed by atoms with Gasteiger partial charge in [0.05, 0.1) is 10.3 Å². The van der Waals surface area contributed by atoms with E-state index < -0.39 is 0 Å². The number of likely N-dealkylation sites (tertiary alicyclic amines) is 1. The monoisotopic (exact) mass is 319 g/mol. The highest BCUT2D eigenvalue weighted by atomic mass is 32.1. The van der Waals surface area contributed by atoms with Gasteiger partial charge in [-0.3, -0.25) is 14.2 Å². The van der Waals surface area contributed by atoms with E-state index in [4.69, 9.17) is 0 Å². The lowest BCUT2D eigenvalue weighted by molar-refractivity contribution is 0.0640. The number of nitrogens with zero attached hydrogens (tertiary/aromatic N) is 3. The first-order chi connectivity index (χ1) is 10.4. The Labute approximate surface area is 133 Å². The van der Waals surface area contributed by atoms with Crippen LogP contribution in [0.15, 0.2) is 4.79 Å². The van der Waals surface area contributed by atoms with Crippen LogP contribution in [0.25, 0.3) is 10.2 Å². The summed E-state index contributed by atoms with van der Waals surface area (Å²) in [7, 11) is 1.72. The fraction of sp³-hybridized carbons (Fsp3) is 0.562. The highest BCUT2D eigenvalue weighted by Gasteiger charge is 2.28. The van der Waals surface area contributed by atoms with Crippen LogP contribution in [0.2, 0.25) is 0 Å². The van der Waals surface area contributed by atoms with Crippen LogP contribution in [-0.4, -0.2) is 32.9 Å². The summed E-state index contributed by atoms with van der Waals surface area (Å²) in [4.78, 5) is 33.1. The number of carbonyl (C=O) groups excluding carboxylic acids is 1. The molecular weight excluding hydrogens is 298 g/mol. The van der Waals surface area contributed by atoms with Crippen LogP contribution in [0.3, 0.4) is 0 Å². The molecule has 3 heterocycles. The molecule has 0 aromatic carbocycles. The molecular formula is C16H21N3O2S. The fourth-order valence-corrected chi connectivity index (χ4v) is 4.27. The van der Waals surface area contributed by atoms with Gasteiger partial charge in [-0.05, 0) is 45.6 Å². The molecule has 1 aliphatic rings. The van der Waals surface area contributed by atoms with Crippen molar-refractivity contribution in [1.29, 1.82) is 0 Å². The van der Waals surface area contributed by atoms with Crippen molar-refractivity contribution < 1.29 is 4.79 Å². The Hall–Kier alpha value is -1.69. The second-order valence-corrected chi connectivity index (χ2v) is 7.10. The molecule has 1 saturated heterocycles. The lowest BCUT2D eigenvalue weighted by atomic mass is 10.0. The minimum Gasteiger partial charge on any atom is -0.335 e. The van der Waals surface area contributed by atoms with Crippen molar-refractivity contribution >= 4 is 27.5 Å². The van der Waals surface area contributed by atoms with Crippen LogP contribution < -0.4 is 5.56 Å². The van der Waals surface area contributed by atoms with Crippen molar-refractivity contribution in [1.82, 2.24) is 14.5 Å². The lowest BCUT2D eigenvalue weighted by Gasteiger charge is -2.33. The van der Waals surface area contributed by atoms with E-state index in [1.807, 2.05) is 18.7 Å². The Morgan fingerprint density at radius 3 is 2.73 bits per heavy atom. The number of rotatable bonds is 1. The fourth-order valence-electron chi connectivity index (χ4n) is 3.10. The van der Waals surface area contributed by atoms with Crippen molar-refractivity contribution in [3.05, 3.63) is 26.6 Å². The molecule has 2 aromatic rings. The van der Waals surface area contributed by atoms with Crippen LogP contribution >= 0.6 is 11.3 Å². The zero-order valence-corrected chi connectivity index (χ0v) is 14.3. The molecule has 1 amide bonds. The molecule has 1 unspecified atom stereocenters. The molecule has 0 bridgehead atoms. The normalized spacial score (nSPS) is 18.9. The Kier molecular flexibility index (Phi) is 3.80. The zero-order valence-electron chi connectivity index (χ0n) is 13.5. The Morgan fingerprint density at radius 2 is 2.05 bits per heavy atom. The van der Waals surface area contributed by atoms with Gasteiger partial charge in [-0.25, -0.2) is 4.98 Å². The lowest BCUT2D eigenvalue weighted by Crippen LogP contribution is -2.41. The highest BCUT2D eigenvalue weighted by molar-refractivity contribution is 7.20. The maximum Gasteiger partial charge on any atom is 0.264 e. The second-order valence-electron chi connectivity index (χ2n) is 6.10. The molecule has 1 aliphatic heterocycles. The van der Waals surface area contributed by atoms with E-state index in [2.05, 4.69) is 11.9 Å². The molecule has 6 heteroatoms. The predicted molar refractivity (Wildman–Crippen MR) is 88.7 cm³/mol. The summed E-state index contributed by atoms with van der Waals surface area (Å²) in [5.41, 5.74) is 0.706. The largest absolute Gasteiger partial charge is 0.335 e. The van der Waals surface area contributed by atoms with Gasteiger partial charge in [0.1, 0.15) is 10.7 Å². The van der Waals surface area contributed by atoms with Crippen LogP contribution in [0.4, 0.5) is 0 Å². The molecule has 22 heavy (non-hydrogen) atoms. The average Bonchev–Trinajstić information content (AvgIpc) is 2.81. The van der Waals surface area contributed by atoms with Gasteiger partial charge in [-0.2, -0.15) is 0 Å². The first kappa shape index (κ1) is 15.2. The summed E-state index contributed by atoms with van der Waals surface area (Å²) in [5, 5.41) is 0.589. The molecule has 0 spiro atoms. The molecule has 3 rings (SSSR count). The summed E-state index contributed by atoms with van der Waals surface area (Å²) in [6, 6.07) is 0.267. The summed E-state index contributed by atoms with van der Waals surface area (Å²) < 4.78 is 1.54. The molecule has 5 nitrogen and oxygen atoms in total. The SMILES string of the molecule is Cc1c(C(=O)N2CCCCC2C)sc2nc(C)n(C)c(=O)c12. The smallest absolute Gasteiger partial charge is 0.264 e. The van der Waals surface area contributed by atoms with Crippen LogP contribution in [0.1, 0.15) is 47.2 Å². The summed E-state index contributed by atoms with van der Waals surface area (Å²) in [5.74, 6) is 0.719. The number of hydrogen-bond donors (Lipinski definition) is 0. The third-order valence-corrected chi connectivity index (χ3v) is 5.83. The summed E-state index contributed by atoms with van der Waals surface area (Å²) >= 11 is 1.35. The number of amides is 1. The van der Waals surface area contributed by atoms with E-state index in [0.717, 1.165) is 24.9 Å². The van der Waals surface area contributed by atoms with Gasteiger partial charge >= 0.3 is 0 Å². The van der Waals surface area contributed by atoms with E-state index >= 15 is 0 Å². The van der Waals surface area contributed by atoms with Gasteiger partial charge < -0.3 is 4.90 Å². The van der Waals surface area contributed by atoms with Crippen molar-refractivity contribution in [2.24, 2.45) is 7.05 Å². The van der Waals surface area contributed by atoms with Crippen molar-refractivity contribution in [2.45, 2.75) is 46.1 Å². The molecule has 1 fully saturated rings. The predicted octanol–water partition coefficient (Wildman–Crippen LogP) is 2.63. The van der Waals surface area contributed by atoms with E-state index in [-0.39, 0.29) is 17.5 Å². The number of fused-ring (bicyclic) bond motifs is 1. The molecule has 2 aromatic heterocycles.